The number of nitrogens with zero attached hydrogens (tertiary/aromatic N) is 1. The monoisotopic (exact) mass is 284 g/mol. The number of hydrogen-bond donors (Lipinski definition) is 1. The molecule has 0 aliphatic carbocycles. The highest BCUT2D eigenvalue weighted by molar-refractivity contribution is 6.00. The van der Waals surface area contributed by atoms with Gasteiger partial charge in [0.15, 0.2) is 11.5 Å². The average molecular weight is 284 g/mol. The van der Waals surface area contributed by atoms with Gasteiger partial charge in [0.2, 0.25) is 6.79 Å². The first-order chi connectivity index (χ1) is 10.2. The normalized spacial score (nSPS) is 15.5. The third-order valence-electron chi connectivity index (χ3n) is 3.81. The molecule has 0 fully saturated rings. The van der Waals surface area contributed by atoms with Gasteiger partial charge in [0, 0.05) is 18.7 Å². The molecule has 21 heavy (non-hydrogen) atoms. The zero-order chi connectivity index (χ0) is 14.4. The number of ether oxygens (including phenoxy) is 2. The molecule has 2 heterocycles. The Morgan fingerprint density at radius 1 is 1.10 bits per heavy atom. The van der Waals surface area contributed by atoms with Crippen LogP contribution in [0.4, 0.5) is 4.39 Å². The van der Waals surface area contributed by atoms with Gasteiger partial charge in [0.05, 0.1) is 0 Å². The first-order valence-corrected chi connectivity index (χ1v) is 6.71. The Morgan fingerprint density at radius 2 is 1.95 bits per heavy atom. The van der Waals surface area contributed by atoms with Crippen LogP contribution >= 0.6 is 0 Å². The summed E-state index contributed by atoms with van der Waals surface area (Å²) in [6, 6.07) is 10.4. The standard InChI is InChI=1S/C16H13FN2O2/c17-12-3-2-11-8-19(16(18)13(11)6-12)7-10-1-4-14-15(5-10)21-9-20-14/h1-6,18H,7-9H2. The number of halogens is 1. The Kier molecular flexibility index (Phi) is 2.60. The van der Waals surface area contributed by atoms with Gasteiger partial charge in [0.25, 0.3) is 0 Å². The molecule has 0 saturated heterocycles. The molecule has 1 N–H and O–H groups in total. The lowest BCUT2D eigenvalue weighted by molar-refractivity contribution is 0.174. The summed E-state index contributed by atoms with van der Waals surface area (Å²) in [5.74, 6) is 1.55. The van der Waals surface area contributed by atoms with Crippen LogP contribution in [-0.4, -0.2) is 17.5 Å². The minimum atomic E-state index is -0.302. The third-order valence-corrected chi connectivity index (χ3v) is 3.81. The van der Waals surface area contributed by atoms with Crippen molar-refractivity contribution in [2.75, 3.05) is 6.79 Å². The van der Waals surface area contributed by atoms with Gasteiger partial charge in [-0.05, 0) is 35.4 Å². The van der Waals surface area contributed by atoms with Crippen molar-refractivity contribution in [3.05, 3.63) is 58.9 Å². The van der Waals surface area contributed by atoms with Crippen LogP contribution in [0, 0.1) is 11.2 Å². The van der Waals surface area contributed by atoms with E-state index in [0.717, 1.165) is 22.6 Å². The number of nitrogens with one attached hydrogen (secondary N) is 1. The molecule has 0 atom stereocenters. The molecule has 2 aliphatic rings. The predicted molar refractivity (Wildman–Crippen MR) is 75.0 cm³/mol. The second-order valence-electron chi connectivity index (χ2n) is 5.19. The maximum atomic E-state index is 13.3. The smallest absolute Gasteiger partial charge is 0.231 e. The van der Waals surface area contributed by atoms with E-state index in [1.807, 2.05) is 23.1 Å². The maximum Gasteiger partial charge on any atom is 0.231 e. The predicted octanol–water partition coefficient (Wildman–Crippen LogP) is 2.90. The molecule has 0 bridgehead atoms. The zero-order valence-corrected chi connectivity index (χ0v) is 11.2. The number of fused-ring (bicyclic) bond motifs is 2. The Hall–Kier alpha value is -2.56. The lowest BCUT2D eigenvalue weighted by Gasteiger charge is -2.18. The molecule has 0 amide bonds. The molecule has 4 rings (SSSR count). The summed E-state index contributed by atoms with van der Waals surface area (Å²) in [5, 5.41) is 8.19. The zero-order valence-electron chi connectivity index (χ0n) is 11.2. The van der Waals surface area contributed by atoms with Crippen molar-refractivity contribution in [1.82, 2.24) is 4.90 Å². The highest BCUT2D eigenvalue weighted by atomic mass is 19.1. The molecule has 5 heteroatoms. The van der Waals surface area contributed by atoms with Gasteiger partial charge in [-0.3, -0.25) is 5.41 Å². The summed E-state index contributed by atoms with van der Waals surface area (Å²) in [7, 11) is 0. The Bertz CT molecular complexity index is 745. The molecule has 0 unspecified atom stereocenters. The van der Waals surface area contributed by atoms with E-state index in [2.05, 4.69) is 0 Å². The van der Waals surface area contributed by atoms with Crippen molar-refractivity contribution < 1.29 is 13.9 Å². The molecule has 2 aromatic rings. The van der Waals surface area contributed by atoms with Crippen molar-refractivity contribution in [3.8, 4) is 11.5 Å². The average Bonchev–Trinajstić information content (AvgIpc) is 3.05. The number of benzene rings is 2. The van der Waals surface area contributed by atoms with Crippen LogP contribution in [0.5, 0.6) is 11.5 Å². The summed E-state index contributed by atoms with van der Waals surface area (Å²) in [6.45, 7) is 1.47. The van der Waals surface area contributed by atoms with E-state index in [-0.39, 0.29) is 12.6 Å². The van der Waals surface area contributed by atoms with Gasteiger partial charge < -0.3 is 14.4 Å². The number of amidine groups is 1. The van der Waals surface area contributed by atoms with Crippen LogP contribution in [0.25, 0.3) is 0 Å². The van der Waals surface area contributed by atoms with E-state index >= 15 is 0 Å². The van der Waals surface area contributed by atoms with Crippen LogP contribution < -0.4 is 9.47 Å². The third kappa shape index (κ3) is 2.01. The molecule has 0 saturated carbocycles. The van der Waals surface area contributed by atoms with E-state index < -0.39 is 0 Å². The van der Waals surface area contributed by atoms with Crippen molar-refractivity contribution in [2.45, 2.75) is 13.1 Å². The molecular formula is C16H13FN2O2. The van der Waals surface area contributed by atoms with E-state index in [9.17, 15) is 4.39 Å². The molecule has 2 aromatic carbocycles. The molecular weight excluding hydrogens is 271 g/mol. The van der Waals surface area contributed by atoms with Gasteiger partial charge >= 0.3 is 0 Å². The van der Waals surface area contributed by atoms with Crippen LogP contribution in [0.3, 0.4) is 0 Å². The highest BCUT2D eigenvalue weighted by Gasteiger charge is 2.25. The van der Waals surface area contributed by atoms with E-state index in [0.29, 0.717) is 24.5 Å². The summed E-state index contributed by atoms with van der Waals surface area (Å²) in [4.78, 5) is 1.92. The fourth-order valence-corrected chi connectivity index (χ4v) is 2.76. The minimum Gasteiger partial charge on any atom is -0.454 e. The van der Waals surface area contributed by atoms with E-state index in [4.69, 9.17) is 14.9 Å². The lowest BCUT2D eigenvalue weighted by atomic mass is 10.1. The molecule has 106 valence electrons. The number of hydrogen-bond acceptors (Lipinski definition) is 3. The highest BCUT2D eigenvalue weighted by Crippen LogP contribution is 2.33. The van der Waals surface area contributed by atoms with Crippen LogP contribution in [-0.2, 0) is 13.1 Å². The number of rotatable bonds is 2. The Morgan fingerprint density at radius 3 is 2.86 bits per heavy atom. The lowest BCUT2D eigenvalue weighted by Crippen LogP contribution is -2.23. The molecule has 0 spiro atoms. The first kappa shape index (κ1) is 12.2. The fraction of sp³-hybridized carbons (Fsp3) is 0.188. The van der Waals surface area contributed by atoms with Gasteiger partial charge in [-0.25, -0.2) is 4.39 Å². The van der Waals surface area contributed by atoms with Crippen molar-refractivity contribution in [2.24, 2.45) is 0 Å². The van der Waals surface area contributed by atoms with Gasteiger partial charge in [-0.2, -0.15) is 0 Å². The van der Waals surface area contributed by atoms with Crippen molar-refractivity contribution in [3.63, 3.8) is 0 Å². The van der Waals surface area contributed by atoms with Gasteiger partial charge in [-0.1, -0.05) is 12.1 Å². The Balaban J connectivity index is 1.58. The summed E-state index contributed by atoms with van der Waals surface area (Å²) in [5.41, 5.74) is 2.70. The topological polar surface area (TPSA) is 45.6 Å². The van der Waals surface area contributed by atoms with E-state index in [1.54, 1.807) is 6.07 Å². The minimum absolute atomic E-state index is 0.253. The first-order valence-electron chi connectivity index (χ1n) is 6.71. The Labute approximate surface area is 121 Å². The molecule has 0 radical (unpaired) electrons. The van der Waals surface area contributed by atoms with Crippen LogP contribution in [0.2, 0.25) is 0 Å². The quantitative estimate of drug-likeness (QED) is 0.922. The van der Waals surface area contributed by atoms with Gasteiger partial charge in [0.1, 0.15) is 11.7 Å². The SMILES string of the molecule is N=C1c2cc(F)ccc2CN1Cc1ccc2c(c1)OCO2. The molecule has 2 aliphatic heterocycles. The summed E-state index contributed by atoms with van der Waals surface area (Å²) in [6.07, 6.45) is 0. The largest absolute Gasteiger partial charge is 0.454 e. The fourth-order valence-electron chi connectivity index (χ4n) is 2.76. The van der Waals surface area contributed by atoms with Gasteiger partial charge in [-0.15, -0.1) is 0 Å². The summed E-state index contributed by atoms with van der Waals surface area (Å²) >= 11 is 0. The van der Waals surface area contributed by atoms with Crippen molar-refractivity contribution >= 4 is 5.84 Å². The van der Waals surface area contributed by atoms with E-state index in [1.165, 1.54) is 12.1 Å². The summed E-state index contributed by atoms with van der Waals surface area (Å²) < 4.78 is 23.9. The van der Waals surface area contributed by atoms with Crippen LogP contribution in [0.15, 0.2) is 36.4 Å². The van der Waals surface area contributed by atoms with Crippen LogP contribution in [0.1, 0.15) is 16.7 Å². The second kappa shape index (κ2) is 4.48. The molecule has 0 aromatic heterocycles. The second-order valence-corrected chi connectivity index (χ2v) is 5.19. The molecule has 4 nitrogen and oxygen atoms in total. The van der Waals surface area contributed by atoms with Crippen molar-refractivity contribution in [1.29, 1.82) is 5.41 Å². The maximum absolute atomic E-state index is 13.3.